The van der Waals surface area contributed by atoms with E-state index in [0.29, 0.717) is 30.5 Å². The molecule has 0 saturated heterocycles. The molecule has 5 rings (SSSR count). The molecule has 4 aliphatic carbocycles. The third-order valence-corrected chi connectivity index (χ3v) is 7.84. The van der Waals surface area contributed by atoms with Crippen molar-refractivity contribution in [2.75, 3.05) is 13.2 Å². The topological polar surface area (TPSA) is 138 Å². The quantitative estimate of drug-likeness (QED) is 0.437. The fourth-order valence-electron chi connectivity index (χ4n) is 6.44. The van der Waals surface area contributed by atoms with Gasteiger partial charge in [0.25, 0.3) is 5.91 Å². The Bertz CT molecular complexity index is 1050. The van der Waals surface area contributed by atoms with Gasteiger partial charge in [-0.1, -0.05) is 33.8 Å². The Kier molecular flexibility index (Phi) is 7.57. The summed E-state index contributed by atoms with van der Waals surface area (Å²) in [4.78, 5) is 36.4. The number of nitrogens with zero attached hydrogens (tertiary/aromatic N) is 2. The summed E-state index contributed by atoms with van der Waals surface area (Å²) in [5.41, 5.74) is 4.97. The van der Waals surface area contributed by atoms with E-state index >= 15 is 0 Å². The first-order chi connectivity index (χ1) is 17.4. The predicted octanol–water partition coefficient (Wildman–Crippen LogP) is 3.32. The third kappa shape index (κ3) is 6.27. The number of rotatable bonds is 10. The number of aromatic nitrogens is 2. The first kappa shape index (κ1) is 27.0. The first-order valence-electron chi connectivity index (χ1n) is 13.3. The Hall–Kier alpha value is -3.04. The van der Waals surface area contributed by atoms with Gasteiger partial charge in [0.2, 0.25) is 11.8 Å². The molecule has 4 bridgehead atoms. The number of hydrogen-bond acceptors (Lipinski definition) is 6. The van der Waals surface area contributed by atoms with Crippen molar-refractivity contribution in [2.24, 2.45) is 34.8 Å². The van der Waals surface area contributed by atoms with Gasteiger partial charge in [-0.3, -0.25) is 9.59 Å². The van der Waals surface area contributed by atoms with Crippen molar-refractivity contribution >= 4 is 24.1 Å². The summed E-state index contributed by atoms with van der Waals surface area (Å²) in [5, 5.41) is 10.5. The smallest absolute Gasteiger partial charge is 0.405 e. The maximum absolute atomic E-state index is 13.5. The van der Waals surface area contributed by atoms with Crippen molar-refractivity contribution in [2.45, 2.75) is 78.4 Å². The predicted molar refractivity (Wildman–Crippen MR) is 139 cm³/mol. The van der Waals surface area contributed by atoms with Gasteiger partial charge < -0.3 is 25.8 Å². The summed E-state index contributed by atoms with van der Waals surface area (Å²) in [6.45, 7) is 10.5. The molecule has 2 atom stereocenters. The molecule has 1 aromatic heterocycles. The lowest BCUT2D eigenvalue weighted by Crippen LogP contribution is -2.63. The first-order valence-corrected chi connectivity index (χ1v) is 13.3. The highest BCUT2D eigenvalue weighted by atomic mass is 16.6. The van der Waals surface area contributed by atoms with Crippen LogP contribution in [0.4, 0.5) is 4.79 Å². The van der Waals surface area contributed by atoms with Crippen molar-refractivity contribution in [3.63, 3.8) is 0 Å². The minimum atomic E-state index is -0.713. The molecule has 4 N–H and O–H groups in total. The van der Waals surface area contributed by atoms with Crippen LogP contribution >= 0.6 is 0 Å². The van der Waals surface area contributed by atoms with Crippen LogP contribution in [-0.4, -0.2) is 52.5 Å². The van der Waals surface area contributed by atoms with Crippen LogP contribution in [0.5, 0.6) is 5.88 Å². The molecular weight excluding hydrogens is 474 g/mol. The van der Waals surface area contributed by atoms with E-state index in [1.54, 1.807) is 17.1 Å². The van der Waals surface area contributed by atoms with Gasteiger partial charge in [-0.2, -0.15) is 5.10 Å². The fraction of sp³-hybridized carbons (Fsp3) is 0.704. The van der Waals surface area contributed by atoms with Crippen molar-refractivity contribution in [3.8, 4) is 5.88 Å². The molecule has 0 aromatic carbocycles. The van der Waals surface area contributed by atoms with E-state index in [4.69, 9.17) is 15.2 Å². The maximum Gasteiger partial charge on any atom is 0.405 e. The third-order valence-electron chi connectivity index (χ3n) is 7.84. The van der Waals surface area contributed by atoms with E-state index in [9.17, 15) is 14.4 Å². The standard InChI is InChI=1S/C27H41N5O5/c1-16(2)14-36-24-21(13-30-32(24)7-6-26(4,5)15-29-17(3)33)23(34)31-22-19-8-18-9-20(22)12-27(10-18,11-19)37-25(28)35/h6-7,13,16,18-20,22H,8-12,14-15H2,1-5H3,(H2,28,35)(H,29,33)(H,31,34)/b7-6+/t18?,19?,20?,22-,27-. The van der Waals surface area contributed by atoms with E-state index in [1.165, 1.54) is 6.92 Å². The largest absolute Gasteiger partial charge is 0.477 e. The second kappa shape index (κ2) is 10.4. The van der Waals surface area contributed by atoms with E-state index in [1.807, 2.05) is 33.8 Å². The maximum atomic E-state index is 13.5. The summed E-state index contributed by atoms with van der Waals surface area (Å²) < 4.78 is 13.3. The second-order valence-electron chi connectivity index (χ2n) is 12.3. The van der Waals surface area contributed by atoms with Crippen molar-refractivity contribution in [1.29, 1.82) is 0 Å². The van der Waals surface area contributed by atoms with E-state index in [2.05, 4.69) is 15.7 Å². The SMILES string of the molecule is CC(=O)NCC(C)(C)/C=C/n1ncc(C(=O)N[C@H]2C3CC4CC2C[C@](OC(N)=O)(C4)C3)c1OCC(C)C. The normalized spacial score (nSPS) is 28.5. The van der Waals surface area contributed by atoms with Crippen molar-refractivity contribution < 1.29 is 23.9 Å². The Morgan fingerprint density at radius 3 is 2.51 bits per heavy atom. The molecule has 4 aliphatic rings. The van der Waals surface area contributed by atoms with Crippen LogP contribution in [0.2, 0.25) is 0 Å². The highest BCUT2D eigenvalue weighted by Gasteiger charge is 2.57. The minimum Gasteiger partial charge on any atom is -0.477 e. The van der Waals surface area contributed by atoms with Gasteiger partial charge in [0, 0.05) is 31.1 Å². The van der Waals surface area contributed by atoms with Gasteiger partial charge in [0.15, 0.2) is 0 Å². The highest BCUT2D eigenvalue weighted by Crippen LogP contribution is 2.57. The van der Waals surface area contributed by atoms with Crippen LogP contribution in [0.25, 0.3) is 6.20 Å². The van der Waals surface area contributed by atoms with Gasteiger partial charge in [0.05, 0.1) is 12.8 Å². The number of ether oxygens (including phenoxy) is 2. The Balaban J connectivity index is 1.50. The summed E-state index contributed by atoms with van der Waals surface area (Å²) in [7, 11) is 0. The molecule has 4 fully saturated rings. The zero-order valence-corrected chi connectivity index (χ0v) is 22.6. The Morgan fingerprint density at radius 2 is 1.92 bits per heavy atom. The number of nitrogens with one attached hydrogen (secondary N) is 2. The lowest BCUT2D eigenvalue weighted by atomic mass is 9.52. The lowest BCUT2D eigenvalue weighted by Gasteiger charge is -2.58. The lowest BCUT2D eigenvalue weighted by molar-refractivity contribution is -0.137. The molecule has 37 heavy (non-hydrogen) atoms. The average molecular weight is 516 g/mol. The molecule has 1 aromatic rings. The summed E-state index contributed by atoms with van der Waals surface area (Å²) in [6, 6.07) is 0.0158. The van der Waals surface area contributed by atoms with Gasteiger partial charge in [-0.05, 0) is 55.8 Å². The number of carbonyl (C=O) groups is 3. The molecule has 3 amide bonds. The molecule has 0 spiro atoms. The minimum absolute atomic E-state index is 0.0158. The van der Waals surface area contributed by atoms with E-state index < -0.39 is 11.7 Å². The van der Waals surface area contributed by atoms with Crippen molar-refractivity contribution in [1.82, 2.24) is 20.4 Å². The summed E-state index contributed by atoms with van der Waals surface area (Å²) in [6.07, 6.45) is 8.93. The average Bonchev–Trinajstić information content (AvgIpc) is 3.19. The fourth-order valence-corrected chi connectivity index (χ4v) is 6.44. The molecule has 4 saturated carbocycles. The zero-order valence-electron chi connectivity index (χ0n) is 22.6. The number of primary amides is 1. The molecule has 10 heteroatoms. The molecule has 0 radical (unpaired) electrons. The molecule has 204 valence electrons. The molecule has 10 nitrogen and oxygen atoms in total. The number of nitrogens with two attached hydrogens (primary N) is 1. The summed E-state index contributed by atoms with van der Waals surface area (Å²) >= 11 is 0. The van der Waals surface area contributed by atoms with Crippen LogP contribution in [-0.2, 0) is 9.53 Å². The number of carbonyl (C=O) groups excluding carboxylic acids is 3. The van der Waals surface area contributed by atoms with Crippen LogP contribution in [0.1, 0.15) is 77.1 Å². The second-order valence-corrected chi connectivity index (χ2v) is 12.3. The van der Waals surface area contributed by atoms with Crippen LogP contribution in [0.15, 0.2) is 12.3 Å². The van der Waals surface area contributed by atoms with Crippen LogP contribution < -0.4 is 21.1 Å². The van der Waals surface area contributed by atoms with Gasteiger partial charge >= 0.3 is 6.09 Å². The van der Waals surface area contributed by atoms with Crippen LogP contribution in [0.3, 0.4) is 0 Å². The van der Waals surface area contributed by atoms with Gasteiger partial charge in [-0.15, -0.1) is 0 Å². The molecule has 1 heterocycles. The summed E-state index contributed by atoms with van der Waals surface area (Å²) in [5.74, 6) is 1.37. The number of amides is 3. The number of hydrogen-bond donors (Lipinski definition) is 3. The van der Waals surface area contributed by atoms with Crippen molar-refractivity contribution in [3.05, 3.63) is 17.8 Å². The van der Waals surface area contributed by atoms with E-state index in [-0.39, 0.29) is 41.0 Å². The molecular formula is C27H41N5O5. The highest BCUT2D eigenvalue weighted by molar-refractivity contribution is 5.96. The molecule has 0 aliphatic heterocycles. The van der Waals surface area contributed by atoms with Gasteiger partial charge in [-0.25, -0.2) is 9.48 Å². The Morgan fingerprint density at radius 1 is 1.24 bits per heavy atom. The van der Waals surface area contributed by atoms with Gasteiger partial charge in [0.1, 0.15) is 11.2 Å². The molecule has 2 unspecified atom stereocenters. The van der Waals surface area contributed by atoms with E-state index in [0.717, 1.165) is 32.1 Å². The monoisotopic (exact) mass is 515 g/mol. The Labute approximate surface area is 218 Å². The zero-order chi connectivity index (χ0) is 27.0. The van der Waals surface area contributed by atoms with Crippen LogP contribution in [0, 0.1) is 29.1 Å².